The topological polar surface area (TPSA) is 67.4 Å². The van der Waals surface area contributed by atoms with E-state index in [1.165, 1.54) is 24.3 Å². The summed E-state index contributed by atoms with van der Waals surface area (Å²) in [4.78, 5) is 24.3. The maximum atomic E-state index is 12.9. The Hall–Kier alpha value is -2.89. The summed E-state index contributed by atoms with van der Waals surface area (Å²) in [6.07, 6.45) is 0.674. The third kappa shape index (κ3) is 4.02. The van der Waals surface area contributed by atoms with Crippen LogP contribution in [0.25, 0.3) is 0 Å². The van der Waals surface area contributed by atoms with Gasteiger partial charge in [0, 0.05) is 17.5 Å². The molecule has 2 aromatic carbocycles. The first-order valence-corrected chi connectivity index (χ1v) is 8.51. The molecule has 1 atom stereocenters. The van der Waals surface area contributed by atoms with E-state index in [0.717, 1.165) is 22.4 Å². The number of halogens is 1. The normalized spacial score (nSPS) is 15.6. The average molecular weight is 356 g/mol. The van der Waals surface area contributed by atoms with E-state index in [1.54, 1.807) is 0 Å². The molecule has 2 amide bonds. The van der Waals surface area contributed by atoms with Crippen LogP contribution >= 0.6 is 0 Å². The second-order valence-electron chi connectivity index (χ2n) is 6.45. The largest absolute Gasteiger partial charge is 0.493 e. The lowest BCUT2D eigenvalue weighted by molar-refractivity contribution is -0.121. The minimum absolute atomic E-state index is 0.145. The van der Waals surface area contributed by atoms with Crippen LogP contribution in [-0.4, -0.2) is 25.0 Å². The van der Waals surface area contributed by atoms with E-state index in [0.29, 0.717) is 18.6 Å². The first kappa shape index (κ1) is 17.9. The molecule has 1 heterocycles. The zero-order chi connectivity index (χ0) is 18.7. The molecule has 1 aliphatic rings. The highest BCUT2D eigenvalue weighted by atomic mass is 19.1. The smallest absolute Gasteiger partial charge is 0.251 e. The summed E-state index contributed by atoms with van der Waals surface area (Å²) in [6, 6.07) is 9.09. The van der Waals surface area contributed by atoms with Gasteiger partial charge in [-0.3, -0.25) is 9.59 Å². The van der Waals surface area contributed by atoms with Crippen LogP contribution in [0, 0.1) is 19.7 Å². The molecule has 1 unspecified atom stereocenters. The summed E-state index contributed by atoms with van der Waals surface area (Å²) in [5, 5.41) is 5.50. The van der Waals surface area contributed by atoms with Crippen molar-refractivity contribution in [2.24, 2.45) is 0 Å². The third-order valence-electron chi connectivity index (χ3n) is 4.33. The molecule has 0 radical (unpaired) electrons. The number of carbonyl (C=O) groups excluding carboxylic acids is 2. The van der Waals surface area contributed by atoms with E-state index in [4.69, 9.17) is 4.74 Å². The number of nitrogens with one attached hydrogen (secondary N) is 2. The van der Waals surface area contributed by atoms with Crippen LogP contribution in [0.4, 0.5) is 4.39 Å². The number of ether oxygens (including phenoxy) is 1. The van der Waals surface area contributed by atoms with Gasteiger partial charge in [-0.05, 0) is 43.7 Å². The fourth-order valence-electron chi connectivity index (χ4n) is 3.14. The molecule has 2 N–H and O–H groups in total. The van der Waals surface area contributed by atoms with Gasteiger partial charge in [-0.1, -0.05) is 17.7 Å². The van der Waals surface area contributed by atoms with Crippen molar-refractivity contribution in [3.8, 4) is 5.75 Å². The molecular formula is C20H21FN2O3. The fraction of sp³-hybridized carbons (Fsp3) is 0.300. The Morgan fingerprint density at radius 2 is 1.92 bits per heavy atom. The first-order chi connectivity index (χ1) is 12.4. The molecule has 136 valence electrons. The summed E-state index contributed by atoms with van der Waals surface area (Å²) in [5.74, 6) is -0.290. The number of aryl methyl sites for hydroxylation is 2. The average Bonchev–Trinajstić information content (AvgIpc) is 2.61. The monoisotopic (exact) mass is 356 g/mol. The quantitative estimate of drug-likeness (QED) is 0.885. The zero-order valence-electron chi connectivity index (χ0n) is 14.8. The summed E-state index contributed by atoms with van der Waals surface area (Å²) in [6.45, 7) is 4.38. The third-order valence-corrected chi connectivity index (χ3v) is 4.33. The second kappa shape index (κ2) is 7.56. The van der Waals surface area contributed by atoms with Gasteiger partial charge in [-0.15, -0.1) is 0 Å². The van der Waals surface area contributed by atoms with Crippen LogP contribution in [0.3, 0.4) is 0 Å². The molecule has 0 fully saturated rings. The molecule has 0 spiro atoms. The highest BCUT2D eigenvalue weighted by Crippen LogP contribution is 2.35. The van der Waals surface area contributed by atoms with Crippen LogP contribution in [0.15, 0.2) is 36.4 Å². The Morgan fingerprint density at radius 3 is 2.65 bits per heavy atom. The Morgan fingerprint density at radius 1 is 1.19 bits per heavy atom. The fourth-order valence-corrected chi connectivity index (χ4v) is 3.14. The number of fused-ring (bicyclic) bond motifs is 1. The van der Waals surface area contributed by atoms with E-state index in [-0.39, 0.29) is 18.5 Å². The van der Waals surface area contributed by atoms with Crippen molar-refractivity contribution in [3.05, 3.63) is 64.5 Å². The van der Waals surface area contributed by atoms with Gasteiger partial charge in [0.05, 0.1) is 19.2 Å². The zero-order valence-corrected chi connectivity index (χ0v) is 14.8. The molecule has 6 heteroatoms. The van der Waals surface area contributed by atoms with Crippen LogP contribution in [-0.2, 0) is 4.79 Å². The molecule has 3 rings (SSSR count). The minimum Gasteiger partial charge on any atom is -0.493 e. The van der Waals surface area contributed by atoms with E-state index in [2.05, 4.69) is 10.6 Å². The number of rotatable bonds is 4. The van der Waals surface area contributed by atoms with E-state index < -0.39 is 11.7 Å². The van der Waals surface area contributed by atoms with E-state index in [1.807, 2.05) is 26.0 Å². The van der Waals surface area contributed by atoms with Crippen molar-refractivity contribution in [2.75, 3.05) is 13.2 Å². The van der Waals surface area contributed by atoms with Gasteiger partial charge in [0.15, 0.2) is 0 Å². The molecule has 0 saturated heterocycles. The number of carbonyl (C=O) groups is 2. The van der Waals surface area contributed by atoms with Gasteiger partial charge in [-0.2, -0.15) is 0 Å². The molecule has 0 aliphatic carbocycles. The van der Waals surface area contributed by atoms with Crippen molar-refractivity contribution in [1.82, 2.24) is 10.6 Å². The number of hydrogen-bond donors (Lipinski definition) is 2. The van der Waals surface area contributed by atoms with Crippen LogP contribution in [0.2, 0.25) is 0 Å². The van der Waals surface area contributed by atoms with Crippen LogP contribution in [0.1, 0.15) is 39.5 Å². The molecule has 0 saturated carbocycles. The molecule has 0 aromatic heterocycles. The molecule has 1 aliphatic heterocycles. The Labute approximate surface area is 151 Å². The predicted molar refractivity (Wildman–Crippen MR) is 95.6 cm³/mol. The SMILES string of the molecule is Cc1cc(C)c2c(c1)C(NC(=O)CNC(=O)c1ccc(F)cc1)CCO2. The van der Waals surface area contributed by atoms with E-state index in [9.17, 15) is 14.0 Å². The van der Waals surface area contributed by atoms with Crippen molar-refractivity contribution in [1.29, 1.82) is 0 Å². The Balaban J connectivity index is 1.61. The maximum Gasteiger partial charge on any atom is 0.251 e. The summed E-state index contributed by atoms with van der Waals surface area (Å²) < 4.78 is 18.6. The van der Waals surface area contributed by atoms with Crippen LogP contribution < -0.4 is 15.4 Å². The van der Waals surface area contributed by atoms with Gasteiger partial charge in [0.1, 0.15) is 11.6 Å². The maximum absolute atomic E-state index is 12.9. The molecule has 5 nitrogen and oxygen atoms in total. The highest BCUT2D eigenvalue weighted by Gasteiger charge is 2.24. The molecule has 0 bridgehead atoms. The van der Waals surface area contributed by atoms with Gasteiger partial charge < -0.3 is 15.4 Å². The number of amides is 2. The number of benzene rings is 2. The van der Waals surface area contributed by atoms with Gasteiger partial charge in [0.25, 0.3) is 5.91 Å². The summed E-state index contributed by atoms with van der Waals surface area (Å²) in [5.41, 5.74) is 3.42. The highest BCUT2D eigenvalue weighted by molar-refractivity contribution is 5.96. The molecule has 26 heavy (non-hydrogen) atoms. The van der Waals surface area contributed by atoms with E-state index >= 15 is 0 Å². The number of hydrogen-bond acceptors (Lipinski definition) is 3. The Bertz CT molecular complexity index is 834. The Kier molecular flexibility index (Phi) is 5.21. The van der Waals surface area contributed by atoms with Gasteiger partial charge in [-0.25, -0.2) is 4.39 Å². The van der Waals surface area contributed by atoms with Crippen LogP contribution in [0.5, 0.6) is 5.75 Å². The minimum atomic E-state index is -0.417. The molecular weight excluding hydrogens is 335 g/mol. The van der Waals surface area contributed by atoms with Gasteiger partial charge in [0.2, 0.25) is 5.91 Å². The van der Waals surface area contributed by atoms with Crippen molar-refractivity contribution in [2.45, 2.75) is 26.3 Å². The van der Waals surface area contributed by atoms with Crippen molar-refractivity contribution < 1.29 is 18.7 Å². The van der Waals surface area contributed by atoms with Crippen molar-refractivity contribution >= 4 is 11.8 Å². The first-order valence-electron chi connectivity index (χ1n) is 8.51. The lowest BCUT2D eigenvalue weighted by Gasteiger charge is -2.28. The van der Waals surface area contributed by atoms with Crippen molar-refractivity contribution in [3.63, 3.8) is 0 Å². The second-order valence-corrected chi connectivity index (χ2v) is 6.45. The summed E-state index contributed by atoms with van der Waals surface area (Å²) >= 11 is 0. The lowest BCUT2D eigenvalue weighted by atomic mass is 9.95. The van der Waals surface area contributed by atoms with Gasteiger partial charge >= 0.3 is 0 Å². The summed E-state index contributed by atoms with van der Waals surface area (Å²) in [7, 11) is 0. The predicted octanol–water partition coefficient (Wildman–Crippen LogP) is 2.81. The lowest BCUT2D eigenvalue weighted by Crippen LogP contribution is -2.40. The standard InChI is InChI=1S/C20H21FN2O3/c1-12-9-13(2)19-16(10-12)17(7-8-26-19)23-18(24)11-22-20(25)14-3-5-15(21)6-4-14/h3-6,9-10,17H,7-8,11H2,1-2H3,(H,22,25)(H,23,24). The molecule has 2 aromatic rings.